The van der Waals surface area contributed by atoms with Crippen molar-refractivity contribution in [2.24, 2.45) is 0 Å². The monoisotopic (exact) mass is 405 g/mol. The zero-order valence-electron chi connectivity index (χ0n) is 16.5. The van der Waals surface area contributed by atoms with Crippen LogP contribution in [0, 0.1) is 0 Å². The molecule has 0 aliphatic heterocycles. The van der Waals surface area contributed by atoms with Crippen molar-refractivity contribution >= 4 is 27.5 Å². The minimum absolute atomic E-state index is 0.0261. The molecule has 0 fully saturated rings. The van der Waals surface area contributed by atoms with E-state index in [1.807, 2.05) is 67.7 Å². The lowest BCUT2D eigenvalue weighted by atomic mass is 10.1. The van der Waals surface area contributed by atoms with Crippen LogP contribution in [0.15, 0.2) is 60.9 Å². The highest BCUT2D eigenvalue weighted by atomic mass is 32.1. The molecule has 2 heterocycles. The molecule has 2 aromatic heterocycles. The van der Waals surface area contributed by atoms with E-state index in [-0.39, 0.29) is 5.91 Å². The van der Waals surface area contributed by atoms with Crippen LogP contribution in [0.4, 0.5) is 0 Å². The number of rotatable bonds is 7. The van der Waals surface area contributed by atoms with Crippen LogP contribution in [-0.4, -0.2) is 58.1 Å². The number of hydrogen-bond donors (Lipinski definition) is 1. The summed E-state index contributed by atoms with van der Waals surface area (Å²) in [6.07, 6.45) is 3.65. The Bertz CT molecular complexity index is 1090. The predicted octanol–water partition coefficient (Wildman–Crippen LogP) is 3.89. The van der Waals surface area contributed by atoms with Gasteiger partial charge in [-0.15, -0.1) is 11.3 Å². The third-order valence-electron chi connectivity index (χ3n) is 4.72. The SMILES string of the molecule is CN(C)CCN(Cc1ccccc1)C(=O)c1nc2ccc(-c3cn[nH]c3)cc2s1. The molecule has 0 radical (unpaired) electrons. The molecule has 0 aliphatic rings. The molecule has 4 aromatic rings. The number of likely N-dealkylation sites (N-methyl/N-ethyl adjacent to an activating group) is 1. The lowest BCUT2D eigenvalue weighted by molar-refractivity contribution is 0.0732. The number of H-pyrrole nitrogens is 1. The van der Waals surface area contributed by atoms with E-state index in [0.717, 1.165) is 33.5 Å². The maximum Gasteiger partial charge on any atom is 0.283 e. The summed E-state index contributed by atoms with van der Waals surface area (Å²) < 4.78 is 0.999. The van der Waals surface area contributed by atoms with Gasteiger partial charge in [-0.25, -0.2) is 4.98 Å². The number of carbonyl (C=O) groups is 1. The molecule has 7 heteroatoms. The average molecular weight is 406 g/mol. The number of fused-ring (bicyclic) bond motifs is 1. The first kappa shape index (κ1) is 19.3. The second-order valence-corrected chi connectivity index (χ2v) is 8.23. The first-order valence-electron chi connectivity index (χ1n) is 9.48. The molecular formula is C22H23N5OS. The summed E-state index contributed by atoms with van der Waals surface area (Å²) in [5, 5.41) is 7.37. The molecule has 4 rings (SSSR count). The summed E-state index contributed by atoms with van der Waals surface area (Å²) >= 11 is 1.44. The highest BCUT2D eigenvalue weighted by Gasteiger charge is 2.20. The van der Waals surface area contributed by atoms with E-state index in [2.05, 4.69) is 26.1 Å². The van der Waals surface area contributed by atoms with Crippen molar-refractivity contribution in [2.75, 3.05) is 27.2 Å². The Hall–Kier alpha value is -3.03. The largest absolute Gasteiger partial charge is 0.331 e. The van der Waals surface area contributed by atoms with Gasteiger partial charge < -0.3 is 9.80 Å². The van der Waals surface area contributed by atoms with Gasteiger partial charge in [0.1, 0.15) is 0 Å². The molecule has 1 N–H and O–H groups in total. The van der Waals surface area contributed by atoms with E-state index in [0.29, 0.717) is 18.1 Å². The Balaban J connectivity index is 1.61. The van der Waals surface area contributed by atoms with E-state index < -0.39 is 0 Å². The van der Waals surface area contributed by atoms with Crippen molar-refractivity contribution < 1.29 is 4.79 Å². The normalized spacial score (nSPS) is 11.3. The molecule has 0 atom stereocenters. The van der Waals surface area contributed by atoms with E-state index in [4.69, 9.17) is 0 Å². The van der Waals surface area contributed by atoms with Gasteiger partial charge in [0.25, 0.3) is 5.91 Å². The number of carbonyl (C=O) groups excluding carboxylic acids is 1. The zero-order valence-corrected chi connectivity index (χ0v) is 17.3. The fourth-order valence-corrected chi connectivity index (χ4v) is 4.09. The van der Waals surface area contributed by atoms with Gasteiger partial charge >= 0.3 is 0 Å². The summed E-state index contributed by atoms with van der Waals surface area (Å²) in [6, 6.07) is 16.1. The molecule has 1 amide bonds. The van der Waals surface area contributed by atoms with Crippen molar-refractivity contribution in [2.45, 2.75) is 6.54 Å². The molecule has 6 nitrogen and oxygen atoms in total. The first-order chi connectivity index (χ1) is 14.1. The van der Waals surface area contributed by atoms with Crippen molar-refractivity contribution in [1.82, 2.24) is 25.0 Å². The van der Waals surface area contributed by atoms with Gasteiger partial charge in [-0.2, -0.15) is 5.10 Å². The quantitative estimate of drug-likeness (QED) is 0.507. The number of thiazole rings is 1. The lowest BCUT2D eigenvalue weighted by Gasteiger charge is -2.23. The number of nitrogens with zero attached hydrogens (tertiary/aromatic N) is 4. The van der Waals surface area contributed by atoms with Crippen molar-refractivity contribution in [1.29, 1.82) is 0 Å². The van der Waals surface area contributed by atoms with E-state index in [9.17, 15) is 4.79 Å². The smallest absolute Gasteiger partial charge is 0.283 e. The molecule has 29 heavy (non-hydrogen) atoms. The van der Waals surface area contributed by atoms with Crippen LogP contribution in [0.3, 0.4) is 0 Å². The number of amides is 1. The average Bonchev–Trinajstić information content (AvgIpc) is 3.40. The van der Waals surface area contributed by atoms with Gasteiger partial charge in [-0.3, -0.25) is 9.89 Å². The Kier molecular flexibility index (Phi) is 5.69. The maximum absolute atomic E-state index is 13.3. The highest BCUT2D eigenvalue weighted by Crippen LogP contribution is 2.28. The predicted molar refractivity (Wildman–Crippen MR) is 117 cm³/mol. The highest BCUT2D eigenvalue weighted by molar-refractivity contribution is 7.20. The van der Waals surface area contributed by atoms with E-state index in [1.54, 1.807) is 6.20 Å². The summed E-state index contributed by atoms with van der Waals surface area (Å²) in [5.74, 6) is -0.0261. The van der Waals surface area contributed by atoms with Crippen LogP contribution in [-0.2, 0) is 6.54 Å². The van der Waals surface area contributed by atoms with Crippen LogP contribution in [0.1, 0.15) is 15.4 Å². The lowest BCUT2D eigenvalue weighted by Crippen LogP contribution is -2.36. The number of aromatic nitrogens is 3. The van der Waals surface area contributed by atoms with Crippen molar-refractivity contribution in [3.8, 4) is 11.1 Å². The van der Waals surface area contributed by atoms with Crippen molar-refractivity contribution in [3.05, 3.63) is 71.5 Å². The summed E-state index contributed by atoms with van der Waals surface area (Å²) in [7, 11) is 4.03. The topological polar surface area (TPSA) is 65.1 Å². The Morgan fingerprint density at radius 1 is 1.07 bits per heavy atom. The Morgan fingerprint density at radius 3 is 2.62 bits per heavy atom. The van der Waals surface area contributed by atoms with Gasteiger partial charge in [0.15, 0.2) is 5.01 Å². The molecule has 0 aliphatic carbocycles. The third kappa shape index (κ3) is 4.52. The fraction of sp³-hybridized carbons (Fsp3) is 0.227. The van der Waals surface area contributed by atoms with Gasteiger partial charge in [-0.05, 0) is 37.4 Å². The van der Waals surface area contributed by atoms with Crippen LogP contribution < -0.4 is 0 Å². The Labute approximate surface area is 173 Å². The number of benzene rings is 2. The third-order valence-corrected chi connectivity index (χ3v) is 5.73. The zero-order chi connectivity index (χ0) is 20.2. The fourth-order valence-electron chi connectivity index (χ4n) is 3.12. The van der Waals surface area contributed by atoms with Gasteiger partial charge in [0, 0.05) is 31.4 Å². The second-order valence-electron chi connectivity index (χ2n) is 7.20. The summed E-state index contributed by atoms with van der Waals surface area (Å²) in [6.45, 7) is 2.02. The van der Waals surface area contributed by atoms with Crippen LogP contribution in [0.2, 0.25) is 0 Å². The molecule has 0 saturated heterocycles. The molecule has 2 aromatic carbocycles. The maximum atomic E-state index is 13.3. The summed E-state index contributed by atoms with van der Waals surface area (Å²) in [4.78, 5) is 21.9. The molecule has 0 bridgehead atoms. The molecule has 0 spiro atoms. The van der Waals surface area contributed by atoms with Crippen LogP contribution >= 0.6 is 11.3 Å². The minimum atomic E-state index is -0.0261. The number of hydrogen-bond acceptors (Lipinski definition) is 5. The Morgan fingerprint density at radius 2 is 1.90 bits per heavy atom. The molecule has 0 saturated carbocycles. The van der Waals surface area contributed by atoms with Crippen LogP contribution in [0.5, 0.6) is 0 Å². The standard InChI is InChI=1S/C22H23N5OS/c1-26(2)10-11-27(15-16-6-4-3-5-7-16)22(28)21-25-19-9-8-17(12-20(19)29-21)18-13-23-24-14-18/h3-9,12-14H,10-11,15H2,1-2H3,(H,23,24). The minimum Gasteiger partial charge on any atom is -0.331 e. The number of nitrogens with one attached hydrogen (secondary N) is 1. The van der Waals surface area contributed by atoms with E-state index in [1.165, 1.54) is 11.3 Å². The molecule has 0 unspecified atom stereocenters. The molecular weight excluding hydrogens is 382 g/mol. The van der Waals surface area contributed by atoms with Gasteiger partial charge in [0.05, 0.1) is 16.4 Å². The van der Waals surface area contributed by atoms with Gasteiger partial charge in [0.2, 0.25) is 0 Å². The van der Waals surface area contributed by atoms with Gasteiger partial charge in [-0.1, -0.05) is 36.4 Å². The first-order valence-corrected chi connectivity index (χ1v) is 10.3. The summed E-state index contributed by atoms with van der Waals surface area (Å²) in [5.41, 5.74) is 4.04. The molecule has 148 valence electrons. The van der Waals surface area contributed by atoms with Crippen molar-refractivity contribution in [3.63, 3.8) is 0 Å². The number of aromatic amines is 1. The van der Waals surface area contributed by atoms with Crippen LogP contribution in [0.25, 0.3) is 21.3 Å². The second kappa shape index (κ2) is 8.55. The van der Waals surface area contributed by atoms with E-state index >= 15 is 0 Å².